The number of carbonyl (C=O) groups excluding carboxylic acids is 3. The van der Waals surface area contributed by atoms with Gasteiger partial charge in [-0.1, -0.05) is 245 Å². The lowest BCUT2D eigenvalue weighted by atomic mass is 10.1. The third-order valence-corrected chi connectivity index (χ3v) is 14.3. The minimum Gasteiger partial charge on any atom is -0.462 e. The van der Waals surface area contributed by atoms with Crippen LogP contribution in [0.2, 0.25) is 0 Å². The molecule has 0 aromatic carbocycles. The van der Waals surface area contributed by atoms with Gasteiger partial charge in [-0.15, -0.1) is 0 Å². The summed E-state index contributed by atoms with van der Waals surface area (Å²) in [5, 5.41) is 9.86. The van der Waals surface area contributed by atoms with Crippen molar-refractivity contribution in [1.82, 2.24) is 0 Å². The van der Waals surface area contributed by atoms with Crippen molar-refractivity contribution >= 4 is 25.7 Å². The topological polar surface area (TPSA) is 155 Å². The number of esters is 3. The molecular formula is C70H117O11P. The molecule has 0 heterocycles. The molecule has 468 valence electrons. The average molecular weight is 1170 g/mol. The second-order valence-corrected chi connectivity index (χ2v) is 22.6. The van der Waals surface area contributed by atoms with E-state index in [1.54, 1.807) is 0 Å². The Morgan fingerprint density at radius 3 is 1.02 bits per heavy atom. The SMILES string of the molecule is CC/C=C\C/C=C\C/C=C\C/C=C\C/C=C\C/C=C\CCC(=O)OCC(COP(=O)(O)OCC(CO)OC(=O)CCCCCCCCC/C=C\C/C=C\CCCCC)OC(=O)CCCCCCCCCCC/C=C\C/C=C\CCCCC. The largest absolute Gasteiger partial charge is 0.472 e. The average Bonchev–Trinajstić information content (AvgIpc) is 3.47. The Balaban J connectivity index is 4.82. The van der Waals surface area contributed by atoms with Crippen LogP contribution in [0.4, 0.5) is 0 Å². The fourth-order valence-electron chi connectivity index (χ4n) is 8.44. The van der Waals surface area contributed by atoms with Crippen molar-refractivity contribution in [3.63, 3.8) is 0 Å². The molecule has 0 rings (SSSR count). The maximum absolute atomic E-state index is 13.0. The highest BCUT2D eigenvalue weighted by Gasteiger charge is 2.28. The summed E-state index contributed by atoms with van der Waals surface area (Å²) in [7, 11) is -4.78. The normalized spacial score (nSPS) is 14.1. The molecule has 0 amide bonds. The van der Waals surface area contributed by atoms with Crippen LogP contribution in [0.15, 0.2) is 122 Å². The van der Waals surface area contributed by atoms with E-state index < -0.39 is 57.8 Å². The van der Waals surface area contributed by atoms with Gasteiger partial charge in [0.05, 0.1) is 19.8 Å². The molecule has 0 aromatic rings. The third kappa shape index (κ3) is 60.5. The minimum atomic E-state index is -4.78. The molecule has 0 aliphatic carbocycles. The van der Waals surface area contributed by atoms with Crippen LogP contribution in [0.1, 0.15) is 265 Å². The molecule has 0 aliphatic heterocycles. The Hall–Kier alpha value is -4.12. The van der Waals surface area contributed by atoms with Gasteiger partial charge in [0.1, 0.15) is 12.7 Å². The number of hydrogen-bond donors (Lipinski definition) is 2. The smallest absolute Gasteiger partial charge is 0.462 e. The molecule has 82 heavy (non-hydrogen) atoms. The van der Waals surface area contributed by atoms with E-state index in [9.17, 15) is 28.9 Å². The number of rotatable bonds is 59. The lowest BCUT2D eigenvalue weighted by Gasteiger charge is -2.21. The van der Waals surface area contributed by atoms with E-state index in [1.807, 2.05) is 12.2 Å². The number of phosphoric ester groups is 1. The summed E-state index contributed by atoms with van der Waals surface area (Å²) in [5.41, 5.74) is 0. The molecule has 0 radical (unpaired) electrons. The van der Waals surface area contributed by atoms with Crippen LogP contribution < -0.4 is 0 Å². The predicted molar refractivity (Wildman–Crippen MR) is 343 cm³/mol. The number of carbonyl (C=O) groups is 3. The number of aliphatic hydroxyl groups excluding tert-OH is 1. The lowest BCUT2D eigenvalue weighted by Crippen LogP contribution is -2.30. The molecule has 0 aromatic heterocycles. The van der Waals surface area contributed by atoms with Crippen molar-refractivity contribution in [2.24, 2.45) is 0 Å². The van der Waals surface area contributed by atoms with Crippen molar-refractivity contribution < 1.29 is 52.2 Å². The quantitative estimate of drug-likeness (QED) is 0.0197. The highest BCUT2D eigenvalue weighted by atomic mass is 31.2. The maximum atomic E-state index is 13.0. The van der Waals surface area contributed by atoms with Crippen LogP contribution in [-0.4, -0.2) is 66.5 Å². The monoisotopic (exact) mass is 1160 g/mol. The number of hydrogen-bond acceptors (Lipinski definition) is 10. The maximum Gasteiger partial charge on any atom is 0.472 e. The first-order valence-electron chi connectivity index (χ1n) is 32.4. The highest BCUT2D eigenvalue weighted by molar-refractivity contribution is 7.47. The van der Waals surface area contributed by atoms with Gasteiger partial charge in [-0.25, -0.2) is 4.57 Å². The van der Waals surface area contributed by atoms with Crippen molar-refractivity contribution in [2.75, 3.05) is 26.4 Å². The molecule has 0 fully saturated rings. The zero-order chi connectivity index (χ0) is 59.8. The molecule has 0 aliphatic rings. The molecule has 11 nitrogen and oxygen atoms in total. The van der Waals surface area contributed by atoms with Crippen molar-refractivity contribution in [1.29, 1.82) is 0 Å². The lowest BCUT2D eigenvalue weighted by molar-refractivity contribution is -0.161. The second kappa shape index (κ2) is 62.9. The fraction of sp³-hybridized carbons (Fsp3) is 0.671. The fourth-order valence-corrected chi connectivity index (χ4v) is 9.23. The van der Waals surface area contributed by atoms with Crippen LogP contribution in [0.25, 0.3) is 0 Å². The van der Waals surface area contributed by atoms with Crippen molar-refractivity contribution in [3.05, 3.63) is 122 Å². The molecule has 12 heteroatoms. The predicted octanol–water partition coefficient (Wildman–Crippen LogP) is 19.9. The van der Waals surface area contributed by atoms with Gasteiger partial charge in [0.25, 0.3) is 0 Å². The molecule has 0 saturated heterocycles. The number of aliphatic hydroxyl groups is 1. The van der Waals surface area contributed by atoms with Gasteiger partial charge >= 0.3 is 25.7 Å². The summed E-state index contributed by atoms with van der Waals surface area (Å²) in [4.78, 5) is 48.8. The zero-order valence-corrected chi connectivity index (χ0v) is 52.8. The van der Waals surface area contributed by atoms with Gasteiger partial charge in [-0.2, -0.15) is 0 Å². The molecular weight excluding hydrogens is 1050 g/mol. The van der Waals surface area contributed by atoms with E-state index in [-0.39, 0.29) is 25.9 Å². The second-order valence-electron chi connectivity index (χ2n) is 21.2. The van der Waals surface area contributed by atoms with Gasteiger partial charge < -0.3 is 24.2 Å². The summed E-state index contributed by atoms with van der Waals surface area (Å²) < 4.78 is 39.6. The molecule has 2 N–H and O–H groups in total. The van der Waals surface area contributed by atoms with Gasteiger partial charge in [0, 0.05) is 19.3 Å². The first kappa shape index (κ1) is 77.9. The Morgan fingerprint density at radius 2 is 0.659 bits per heavy atom. The Bertz CT molecular complexity index is 1840. The zero-order valence-electron chi connectivity index (χ0n) is 51.9. The summed E-state index contributed by atoms with van der Waals surface area (Å²) in [6, 6.07) is 0. The van der Waals surface area contributed by atoms with Gasteiger partial charge in [0.15, 0.2) is 6.10 Å². The van der Waals surface area contributed by atoms with Crippen LogP contribution in [0.3, 0.4) is 0 Å². The number of phosphoric acid groups is 1. The summed E-state index contributed by atoms with van der Waals surface area (Å²) >= 11 is 0. The first-order valence-corrected chi connectivity index (χ1v) is 33.9. The van der Waals surface area contributed by atoms with Crippen LogP contribution in [0.5, 0.6) is 0 Å². The van der Waals surface area contributed by atoms with Crippen LogP contribution >= 0.6 is 7.82 Å². The van der Waals surface area contributed by atoms with Crippen molar-refractivity contribution in [2.45, 2.75) is 277 Å². The molecule has 0 saturated carbocycles. The van der Waals surface area contributed by atoms with Gasteiger partial charge in [-0.05, 0) is 122 Å². The molecule has 3 unspecified atom stereocenters. The summed E-state index contributed by atoms with van der Waals surface area (Å²) in [6.07, 6.45) is 78.7. The van der Waals surface area contributed by atoms with Gasteiger partial charge in [-0.3, -0.25) is 23.4 Å². The molecule has 0 spiro atoms. The van der Waals surface area contributed by atoms with Crippen molar-refractivity contribution in [3.8, 4) is 0 Å². The number of ether oxygens (including phenoxy) is 3. The highest BCUT2D eigenvalue weighted by Crippen LogP contribution is 2.43. The van der Waals surface area contributed by atoms with E-state index in [2.05, 4.69) is 130 Å². The molecule has 0 bridgehead atoms. The number of allylic oxidation sites excluding steroid dienone is 20. The van der Waals surface area contributed by atoms with E-state index >= 15 is 0 Å². The van der Waals surface area contributed by atoms with E-state index in [0.717, 1.165) is 116 Å². The van der Waals surface area contributed by atoms with E-state index in [0.29, 0.717) is 19.3 Å². The molecule has 3 atom stereocenters. The van der Waals surface area contributed by atoms with Crippen LogP contribution in [-0.2, 0) is 42.2 Å². The van der Waals surface area contributed by atoms with E-state index in [1.165, 1.54) is 89.9 Å². The Labute approximate surface area is 500 Å². The summed E-state index contributed by atoms with van der Waals surface area (Å²) in [6.45, 7) is 4.40. The minimum absolute atomic E-state index is 0.0948. The van der Waals surface area contributed by atoms with E-state index in [4.69, 9.17) is 23.3 Å². The standard InChI is InChI=1S/C70H117O11P/c1-4-7-10-13-16-19-22-25-28-31-33-36-38-41-44-47-50-53-56-59-68(72)77-63-67(81-70(74)61-58-55-52-49-46-43-40-37-34-32-29-26-23-20-17-14-11-8-5-2)65-79-82(75,76)78-64-66(62-71)80-69(73)60-57-54-51-48-45-42-39-35-30-27-24-21-18-15-12-9-6-3/h7,10,16-21,25-30,33,36,41,44,50,53,66-67,71H,4-6,8-9,11-15,22-24,31-32,34-35,37-40,42-43,45-49,51-52,54-65H2,1-3H3,(H,75,76)/b10-7-,19-16-,20-17-,21-18-,28-25-,29-26-,30-27-,36-33-,44-41-,53-50-. The van der Waals surface area contributed by atoms with Crippen LogP contribution in [0, 0.1) is 0 Å². The van der Waals surface area contributed by atoms with Gasteiger partial charge in [0.2, 0.25) is 0 Å². The Morgan fingerprint density at radius 1 is 0.354 bits per heavy atom. The first-order chi connectivity index (χ1) is 40.2. The summed E-state index contributed by atoms with van der Waals surface area (Å²) in [5.74, 6) is -1.58. The third-order valence-electron chi connectivity index (χ3n) is 13.4. The number of unbranched alkanes of at least 4 members (excludes halogenated alkanes) is 22. The Kier molecular flexibility index (Phi) is 59.8.